The summed E-state index contributed by atoms with van der Waals surface area (Å²) in [7, 11) is 0. The van der Waals surface area contributed by atoms with E-state index in [2.05, 4.69) is 12.2 Å². The molecule has 18 heavy (non-hydrogen) atoms. The molecule has 0 aliphatic heterocycles. The van der Waals surface area contributed by atoms with Gasteiger partial charge in [0, 0.05) is 6.04 Å². The lowest BCUT2D eigenvalue weighted by Gasteiger charge is -2.08. The summed E-state index contributed by atoms with van der Waals surface area (Å²) in [6.07, 6.45) is 18.0. The van der Waals surface area contributed by atoms with Crippen LogP contribution in [-0.4, -0.2) is 12.5 Å². The average Bonchev–Trinajstić information content (AvgIpc) is 2.36. The first-order valence-corrected chi connectivity index (χ1v) is 7.94. The van der Waals surface area contributed by atoms with Crippen LogP contribution in [0.1, 0.15) is 90.9 Å². The number of amides is 1. The predicted molar refractivity (Wildman–Crippen MR) is 79.4 cm³/mol. The SMILES string of the molecule is CCCCCCCCCCCCCC(C)N[C]=O. The molecule has 2 heteroatoms. The molecular weight excluding hydrogens is 222 g/mol. The van der Waals surface area contributed by atoms with Crippen LogP contribution in [0.4, 0.5) is 0 Å². The van der Waals surface area contributed by atoms with E-state index in [1.807, 2.05) is 6.92 Å². The van der Waals surface area contributed by atoms with Crippen LogP contribution in [0.3, 0.4) is 0 Å². The lowest BCUT2D eigenvalue weighted by Crippen LogP contribution is -2.23. The van der Waals surface area contributed by atoms with Gasteiger partial charge in [0.15, 0.2) is 0 Å². The Morgan fingerprint density at radius 1 is 0.833 bits per heavy atom. The molecule has 1 radical (unpaired) electrons. The third kappa shape index (κ3) is 13.5. The zero-order chi connectivity index (χ0) is 13.5. The summed E-state index contributed by atoms with van der Waals surface area (Å²) in [5.41, 5.74) is 0. The molecule has 0 saturated carbocycles. The summed E-state index contributed by atoms with van der Waals surface area (Å²) in [5.74, 6) is 0. The lowest BCUT2D eigenvalue weighted by molar-refractivity contribution is 0.493. The Morgan fingerprint density at radius 2 is 1.28 bits per heavy atom. The Morgan fingerprint density at radius 3 is 1.72 bits per heavy atom. The van der Waals surface area contributed by atoms with Crippen molar-refractivity contribution >= 4 is 6.41 Å². The van der Waals surface area contributed by atoms with Gasteiger partial charge in [-0.25, -0.2) is 0 Å². The Hall–Kier alpha value is -0.530. The molecule has 0 saturated heterocycles. The molecule has 1 amide bonds. The van der Waals surface area contributed by atoms with Gasteiger partial charge in [-0.15, -0.1) is 0 Å². The smallest absolute Gasteiger partial charge is 0.309 e. The maximum Gasteiger partial charge on any atom is 0.309 e. The van der Waals surface area contributed by atoms with E-state index in [9.17, 15) is 4.79 Å². The molecule has 0 aromatic rings. The summed E-state index contributed by atoms with van der Waals surface area (Å²) >= 11 is 0. The number of nitrogens with one attached hydrogen (secondary N) is 1. The minimum absolute atomic E-state index is 0.293. The first kappa shape index (κ1) is 17.5. The van der Waals surface area contributed by atoms with Crippen LogP contribution in [0.2, 0.25) is 0 Å². The summed E-state index contributed by atoms with van der Waals surface area (Å²) in [6.45, 7) is 4.31. The maximum absolute atomic E-state index is 10.1. The lowest BCUT2D eigenvalue weighted by atomic mass is 10.0. The van der Waals surface area contributed by atoms with Crippen molar-refractivity contribution in [2.24, 2.45) is 0 Å². The van der Waals surface area contributed by atoms with Gasteiger partial charge >= 0.3 is 6.41 Å². The highest BCUT2D eigenvalue weighted by Crippen LogP contribution is 2.12. The monoisotopic (exact) mass is 254 g/mol. The Labute approximate surface area is 114 Å². The van der Waals surface area contributed by atoms with E-state index in [-0.39, 0.29) is 0 Å². The molecule has 0 aliphatic rings. The van der Waals surface area contributed by atoms with Crippen LogP contribution in [0.25, 0.3) is 0 Å². The first-order valence-electron chi connectivity index (χ1n) is 7.94. The molecule has 0 heterocycles. The Bertz CT molecular complexity index is 170. The summed E-state index contributed by atoms with van der Waals surface area (Å²) in [5, 5.41) is 2.68. The van der Waals surface area contributed by atoms with Gasteiger partial charge in [0.2, 0.25) is 0 Å². The molecule has 107 valence electrons. The molecule has 0 bridgehead atoms. The molecule has 0 aromatic carbocycles. The number of carbonyl (C=O) groups excluding carboxylic acids is 1. The highest BCUT2D eigenvalue weighted by atomic mass is 16.1. The van der Waals surface area contributed by atoms with Crippen LogP contribution in [-0.2, 0) is 4.79 Å². The minimum atomic E-state index is 0.293. The highest BCUT2D eigenvalue weighted by molar-refractivity contribution is 5.47. The molecule has 1 N–H and O–H groups in total. The van der Waals surface area contributed by atoms with Crippen molar-refractivity contribution in [3.05, 3.63) is 0 Å². The normalized spacial score (nSPS) is 12.3. The van der Waals surface area contributed by atoms with Gasteiger partial charge in [-0.05, 0) is 13.3 Å². The van der Waals surface area contributed by atoms with E-state index >= 15 is 0 Å². The molecule has 0 rings (SSSR count). The summed E-state index contributed by atoms with van der Waals surface area (Å²) < 4.78 is 0. The van der Waals surface area contributed by atoms with Gasteiger partial charge in [-0.1, -0.05) is 77.6 Å². The molecule has 1 unspecified atom stereocenters. The quantitative estimate of drug-likeness (QED) is 0.352. The number of hydrogen-bond acceptors (Lipinski definition) is 1. The molecular formula is C16H32NO. The second kappa shape index (κ2) is 14.5. The van der Waals surface area contributed by atoms with E-state index in [1.54, 1.807) is 6.41 Å². The summed E-state index contributed by atoms with van der Waals surface area (Å²) in [6, 6.07) is 0.293. The van der Waals surface area contributed by atoms with E-state index in [0.717, 1.165) is 6.42 Å². The van der Waals surface area contributed by atoms with Crippen molar-refractivity contribution in [3.8, 4) is 0 Å². The van der Waals surface area contributed by atoms with Crippen LogP contribution in [0.15, 0.2) is 0 Å². The molecule has 1 atom stereocenters. The Kier molecular flexibility index (Phi) is 14.1. The van der Waals surface area contributed by atoms with Crippen LogP contribution < -0.4 is 5.32 Å². The van der Waals surface area contributed by atoms with Gasteiger partial charge < -0.3 is 5.32 Å². The third-order valence-corrected chi connectivity index (χ3v) is 3.55. The van der Waals surface area contributed by atoms with E-state index in [4.69, 9.17) is 0 Å². The predicted octanol–water partition coefficient (Wildman–Crippen LogP) is 4.73. The molecule has 0 spiro atoms. The fourth-order valence-electron chi connectivity index (χ4n) is 2.29. The second-order valence-corrected chi connectivity index (χ2v) is 5.47. The van der Waals surface area contributed by atoms with E-state index < -0.39 is 0 Å². The topological polar surface area (TPSA) is 29.1 Å². The second-order valence-electron chi connectivity index (χ2n) is 5.47. The highest BCUT2D eigenvalue weighted by Gasteiger charge is 1.99. The third-order valence-electron chi connectivity index (χ3n) is 3.55. The van der Waals surface area contributed by atoms with Crippen molar-refractivity contribution < 1.29 is 4.79 Å². The molecule has 2 nitrogen and oxygen atoms in total. The van der Waals surface area contributed by atoms with E-state index in [1.165, 1.54) is 70.6 Å². The zero-order valence-corrected chi connectivity index (χ0v) is 12.5. The standard InChI is InChI=1S/C16H32NO/c1-3-4-5-6-7-8-9-10-11-12-13-14-16(2)17-15-18/h16H,3-14H2,1-2H3,(H,17,18). The molecule has 0 aliphatic carbocycles. The number of hydrogen-bond donors (Lipinski definition) is 1. The van der Waals surface area contributed by atoms with Gasteiger partial charge in [0.25, 0.3) is 0 Å². The van der Waals surface area contributed by atoms with Crippen molar-refractivity contribution in [1.82, 2.24) is 5.32 Å². The maximum atomic E-state index is 10.1. The fourth-order valence-corrected chi connectivity index (χ4v) is 2.29. The molecule has 0 fully saturated rings. The van der Waals surface area contributed by atoms with Crippen molar-refractivity contribution in [3.63, 3.8) is 0 Å². The number of unbranched alkanes of at least 4 members (excludes halogenated alkanes) is 10. The fraction of sp³-hybridized carbons (Fsp3) is 0.938. The van der Waals surface area contributed by atoms with Gasteiger partial charge in [-0.3, -0.25) is 4.79 Å². The van der Waals surface area contributed by atoms with Crippen molar-refractivity contribution in [2.75, 3.05) is 0 Å². The molecule has 0 aromatic heterocycles. The average molecular weight is 254 g/mol. The Balaban J connectivity index is 3.00. The number of rotatable bonds is 14. The van der Waals surface area contributed by atoms with Gasteiger partial charge in [0.1, 0.15) is 0 Å². The largest absolute Gasteiger partial charge is 0.345 e. The van der Waals surface area contributed by atoms with Gasteiger partial charge in [-0.2, -0.15) is 0 Å². The van der Waals surface area contributed by atoms with Crippen LogP contribution >= 0.6 is 0 Å². The minimum Gasteiger partial charge on any atom is -0.345 e. The van der Waals surface area contributed by atoms with Crippen molar-refractivity contribution in [2.45, 2.75) is 96.9 Å². The van der Waals surface area contributed by atoms with E-state index in [0.29, 0.717) is 6.04 Å². The van der Waals surface area contributed by atoms with Crippen LogP contribution in [0.5, 0.6) is 0 Å². The zero-order valence-electron chi connectivity index (χ0n) is 12.5. The summed E-state index contributed by atoms with van der Waals surface area (Å²) in [4.78, 5) is 10.1. The van der Waals surface area contributed by atoms with Crippen LogP contribution in [0, 0.1) is 0 Å². The van der Waals surface area contributed by atoms with Gasteiger partial charge in [0.05, 0.1) is 0 Å². The first-order chi connectivity index (χ1) is 8.81. The van der Waals surface area contributed by atoms with Crippen molar-refractivity contribution in [1.29, 1.82) is 0 Å².